The van der Waals surface area contributed by atoms with Crippen LogP contribution in [0.2, 0.25) is 0 Å². The van der Waals surface area contributed by atoms with E-state index in [-0.39, 0.29) is 29.3 Å². The number of nitrogens with one attached hydrogen (secondary N) is 3. The average molecular weight is 450 g/mol. The van der Waals surface area contributed by atoms with E-state index in [1.807, 2.05) is 37.4 Å². The second-order valence-corrected chi connectivity index (χ2v) is 8.20. The van der Waals surface area contributed by atoms with Gasteiger partial charge in [-0.25, -0.2) is 9.37 Å². The summed E-state index contributed by atoms with van der Waals surface area (Å²) >= 11 is 0. The topological polar surface area (TPSA) is 131 Å². The zero-order valence-corrected chi connectivity index (χ0v) is 18.4. The third-order valence-corrected chi connectivity index (χ3v) is 5.87. The van der Waals surface area contributed by atoms with Crippen LogP contribution in [0.5, 0.6) is 0 Å². The first kappa shape index (κ1) is 22.5. The zero-order valence-electron chi connectivity index (χ0n) is 18.4. The van der Waals surface area contributed by atoms with Crippen molar-refractivity contribution in [3.8, 4) is 11.1 Å². The molecule has 1 aromatic carbocycles. The van der Waals surface area contributed by atoms with E-state index in [2.05, 4.69) is 25.9 Å². The first-order chi connectivity index (χ1) is 15.9. The monoisotopic (exact) mass is 449 g/mol. The van der Waals surface area contributed by atoms with Crippen molar-refractivity contribution in [2.75, 3.05) is 23.0 Å². The van der Waals surface area contributed by atoms with Crippen molar-refractivity contribution in [2.24, 2.45) is 11.5 Å². The number of anilines is 4. The Balaban J connectivity index is 1.64. The van der Waals surface area contributed by atoms with E-state index in [0.29, 0.717) is 5.69 Å². The van der Waals surface area contributed by atoms with Crippen molar-refractivity contribution in [3.63, 3.8) is 0 Å². The summed E-state index contributed by atoms with van der Waals surface area (Å²) in [4.78, 5) is 20.6. The summed E-state index contributed by atoms with van der Waals surface area (Å²) in [7, 11) is 1.85. The molecule has 9 heteroatoms. The largest absolute Gasteiger partial charge is 0.388 e. The lowest BCUT2D eigenvalue weighted by Gasteiger charge is -2.30. The molecule has 0 saturated heterocycles. The number of amides is 1. The molecular weight excluding hydrogens is 421 g/mol. The van der Waals surface area contributed by atoms with Gasteiger partial charge in [0.05, 0.1) is 17.4 Å². The van der Waals surface area contributed by atoms with Crippen molar-refractivity contribution in [1.82, 2.24) is 9.97 Å². The number of hydrogen-bond acceptors (Lipinski definition) is 7. The van der Waals surface area contributed by atoms with Crippen LogP contribution in [0.25, 0.3) is 11.1 Å². The summed E-state index contributed by atoms with van der Waals surface area (Å²) in [5.41, 5.74) is 15.0. The maximum Gasteiger partial charge on any atom is 0.252 e. The van der Waals surface area contributed by atoms with Gasteiger partial charge in [0, 0.05) is 36.6 Å². The number of aromatic nitrogens is 2. The predicted molar refractivity (Wildman–Crippen MR) is 129 cm³/mol. The zero-order chi connectivity index (χ0) is 23.4. The fourth-order valence-corrected chi connectivity index (χ4v) is 4.04. The van der Waals surface area contributed by atoms with Crippen LogP contribution in [0.4, 0.5) is 27.4 Å². The van der Waals surface area contributed by atoms with Gasteiger partial charge in [0.25, 0.3) is 5.91 Å². The van der Waals surface area contributed by atoms with Crippen LogP contribution in [-0.4, -0.2) is 35.0 Å². The third-order valence-electron chi connectivity index (χ3n) is 5.87. The summed E-state index contributed by atoms with van der Waals surface area (Å²) in [6.07, 6.45) is 7.13. The summed E-state index contributed by atoms with van der Waals surface area (Å²) in [6, 6.07) is 10.7. The summed E-state index contributed by atoms with van der Waals surface area (Å²) in [6.45, 7) is 0. The third kappa shape index (κ3) is 5.20. The summed E-state index contributed by atoms with van der Waals surface area (Å²) < 4.78 is 14.7. The minimum absolute atomic E-state index is 0.0377. The molecule has 8 nitrogen and oxygen atoms in total. The number of pyridine rings is 2. The Labute approximate surface area is 192 Å². The number of benzene rings is 1. The highest BCUT2D eigenvalue weighted by atomic mass is 19.1. The van der Waals surface area contributed by atoms with Gasteiger partial charge in [0.1, 0.15) is 5.82 Å². The second kappa shape index (κ2) is 9.83. The Kier molecular flexibility index (Phi) is 6.69. The molecule has 7 N–H and O–H groups in total. The van der Waals surface area contributed by atoms with Gasteiger partial charge >= 0.3 is 0 Å². The molecule has 1 saturated carbocycles. The standard InChI is InChI=1S/C24H28FN7O/c1-28-16-6-4-5-14(9-16)15-10-17(13-29-12-15)30-23-18(22(27)33)11-19(25)24(32-23)31-21-8-3-2-7-20(21)26/h4-6,9-13,20-21,28H,2-3,7-8,26H2,1H3,(H2,27,33)(H2,30,31,32). The molecule has 0 radical (unpaired) electrons. The van der Waals surface area contributed by atoms with Gasteiger partial charge in [-0.05, 0) is 42.7 Å². The molecule has 1 amide bonds. The number of rotatable bonds is 7. The normalized spacial score (nSPS) is 17.9. The molecule has 1 aliphatic carbocycles. The highest BCUT2D eigenvalue weighted by molar-refractivity contribution is 5.98. The van der Waals surface area contributed by atoms with Crippen LogP contribution < -0.4 is 27.4 Å². The molecule has 1 aliphatic rings. The minimum Gasteiger partial charge on any atom is -0.388 e. The van der Waals surface area contributed by atoms with Crippen molar-refractivity contribution < 1.29 is 9.18 Å². The number of nitrogens with two attached hydrogens (primary N) is 2. The number of primary amides is 1. The van der Waals surface area contributed by atoms with Crippen molar-refractivity contribution in [2.45, 2.75) is 37.8 Å². The first-order valence-electron chi connectivity index (χ1n) is 11.0. The van der Waals surface area contributed by atoms with E-state index in [9.17, 15) is 9.18 Å². The lowest BCUT2D eigenvalue weighted by Crippen LogP contribution is -2.43. The first-order valence-corrected chi connectivity index (χ1v) is 11.0. The Morgan fingerprint density at radius 2 is 1.85 bits per heavy atom. The fraction of sp³-hybridized carbons (Fsp3) is 0.292. The number of halogens is 1. The Bertz CT molecular complexity index is 1150. The van der Waals surface area contributed by atoms with Crippen molar-refractivity contribution >= 4 is 28.9 Å². The van der Waals surface area contributed by atoms with E-state index in [0.717, 1.165) is 48.6 Å². The molecule has 172 valence electrons. The van der Waals surface area contributed by atoms with Gasteiger partial charge in [-0.1, -0.05) is 25.0 Å². The molecule has 4 rings (SSSR count). The number of carbonyl (C=O) groups is 1. The smallest absolute Gasteiger partial charge is 0.252 e. The van der Waals surface area contributed by atoms with Crippen LogP contribution in [0.3, 0.4) is 0 Å². The predicted octanol–water partition coefficient (Wildman–Crippen LogP) is 3.85. The fourth-order valence-electron chi connectivity index (χ4n) is 4.04. The molecule has 1 fully saturated rings. The summed E-state index contributed by atoms with van der Waals surface area (Å²) in [5.74, 6) is -1.24. The van der Waals surface area contributed by atoms with Gasteiger partial charge in [-0.15, -0.1) is 0 Å². The SMILES string of the molecule is CNc1cccc(-c2cncc(Nc3nc(NC4CCCCC4N)c(F)cc3C(N)=O)c2)c1. The Morgan fingerprint density at radius 1 is 1.06 bits per heavy atom. The molecule has 33 heavy (non-hydrogen) atoms. The van der Waals surface area contributed by atoms with Crippen molar-refractivity contribution in [3.05, 3.63) is 60.2 Å². The van der Waals surface area contributed by atoms with Gasteiger partial charge in [0.2, 0.25) is 0 Å². The number of hydrogen-bond donors (Lipinski definition) is 5. The van der Waals surface area contributed by atoms with E-state index in [1.165, 1.54) is 0 Å². The number of nitrogens with zero attached hydrogens (tertiary/aromatic N) is 2. The lowest BCUT2D eigenvalue weighted by molar-refractivity contribution is 0.100. The molecule has 0 bridgehead atoms. The van der Waals surface area contributed by atoms with Gasteiger partial charge < -0.3 is 27.4 Å². The molecule has 3 aromatic rings. The van der Waals surface area contributed by atoms with E-state index in [4.69, 9.17) is 11.5 Å². The highest BCUT2D eigenvalue weighted by Crippen LogP contribution is 2.29. The molecule has 2 atom stereocenters. The number of carbonyl (C=O) groups excluding carboxylic acids is 1. The van der Waals surface area contributed by atoms with Crippen LogP contribution in [0.1, 0.15) is 36.0 Å². The maximum atomic E-state index is 14.7. The highest BCUT2D eigenvalue weighted by Gasteiger charge is 2.24. The van der Waals surface area contributed by atoms with Gasteiger partial charge in [-0.3, -0.25) is 9.78 Å². The van der Waals surface area contributed by atoms with Crippen molar-refractivity contribution in [1.29, 1.82) is 0 Å². The Hall–Kier alpha value is -3.72. The molecule has 2 unspecified atom stereocenters. The van der Waals surface area contributed by atoms with E-state index < -0.39 is 11.7 Å². The lowest BCUT2D eigenvalue weighted by atomic mass is 9.91. The van der Waals surface area contributed by atoms with Crippen LogP contribution in [0, 0.1) is 5.82 Å². The average Bonchev–Trinajstić information content (AvgIpc) is 2.82. The molecular formula is C24H28FN7O. The maximum absolute atomic E-state index is 14.7. The van der Waals surface area contributed by atoms with E-state index >= 15 is 0 Å². The summed E-state index contributed by atoms with van der Waals surface area (Å²) in [5, 5.41) is 9.31. The molecule has 2 aromatic heterocycles. The minimum atomic E-state index is -0.782. The second-order valence-electron chi connectivity index (χ2n) is 8.20. The molecule has 0 spiro atoms. The van der Waals surface area contributed by atoms with Gasteiger partial charge in [-0.2, -0.15) is 0 Å². The van der Waals surface area contributed by atoms with E-state index in [1.54, 1.807) is 12.4 Å². The van der Waals surface area contributed by atoms with Gasteiger partial charge in [0.15, 0.2) is 11.6 Å². The quantitative estimate of drug-likeness (QED) is 0.370. The molecule has 2 heterocycles. The van der Waals surface area contributed by atoms with Crippen LogP contribution in [0.15, 0.2) is 48.8 Å². The Morgan fingerprint density at radius 3 is 2.61 bits per heavy atom. The van der Waals surface area contributed by atoms with Crippen LogP contribution >= 0.6 is 0 Å². The molecule has 0 aliphatic heterocycles. The van der Waals surface area contributed by atoms with Crippen LogP contribution in [-0.2, 0) is 0 Å².